The molecule has 8 nitrogen and oxygen atoms in total. The number of hydrogen-bond acceptors (Lipinski definition) is 5. The number of nitro groups is 1. The van der Waals surface area contributed by atoms with E-state index in [2.05, 4.69) is 26.6 Å². The highest BCUT2D eigenvalue weighted by Crippen LogP contribution is 2.24. The van der Waals surface area contributed by atoms with Crippen LogP contribution < -0.4 is 15.4 Å². The second-order valence-corrected chi connectivity index (χ2v) is 8.45. The van der Waals surface area contributed by atoms with Gasteiger partial charge in [-0.25, -0.2) is 0 Å². The SMILES string of the molecule is COc1ccc(Br)cc1C(=O)NC(=Cc1ccc([N+](=O)[O-])cc1)C(=O)Nc1cc(C)cc(C)c1. The van der Waals surface area contributed by atoms with E-state index in [0.29, 0.717) is 21.5 Å². The van der Waals surface area contributed by atoms with Crippen LogP contribution in [0.15, 0.2) is 70.8 Å². The van der Waals surface area contributed by atoms with Crippen molar-refractivity contribution in [3.8, 4) is 5.75 Å². The minimum atomic E-state index is -0.554. The lowest BCUT2D eigenvalue weighted by molar-refractivity contribution is -0.384. The van der Waals surface area contributed by atoms with Crippen LogP contribution in [0.5, 0.6) is 5.75 Å². The Balaban J connectivity index is 1.97. The van der Waals surface area contributed by atoms with Crippen LogP contribution >= 0.6 is 15.9 Å². The van der Waals surface area contributed by atoms with Crippen LogP contribution in [0.25, 0.3) is 6.08 Å². The van der Waals surface area contributed by atoms with Gasteiger partial charge in [0.15, 0.2) is 0 Å². The fraction of sp³-hybridized carbons (Fsp3) is 0.120. The lowest BCUT2D eigenvalue weighted by Gasteiger charge is -2.14. The summed E-state index contributed by atoms with van der Waals surface area (Å²) >= 11 is 3.33. The number of amides is 2. The van der Waals surface area contributed by atoms with Crippen molar-refractivity contribution in [1.82, 2.24) is 5.32 Å². The molecular weight excluding hydrogens is 502 g/mol. The summed E-state index contributed by atoms with van der Waals surface area (Å²) in [5.41, 5.74) is 3.12. The number of aryl methyl sites for hydroxylation is 2. The van der Waals surface area contributed by atoms with Crippen molar-refractivity contribution in [2.24, 2.45) is 0 Å². The topological polar surface area (TPSA) is 111 Å². The van der Waals surface area contributed by atoms with Gasteiger partial charge < -0.3 is 15.4 Å². The minimum Gasteiger partial charge on any atom is -0.496 e. The lowest BCUT2D eigenvalue weighted by atomic mass is 10.1. The molecule has 0 aliphatic rings. The number of nitro benzene ring substituents is 1. The second kappa shape index (κ2) is 10.8. The summed E-state index contributed by atoms with van der Waals surface area (Å²) in [5, 5.41) is 16.4. The molecule has 0 spiro atoms. The van der Waals surface area contributed by atoms with Crippen molar-refractivity contribution in [3.63, 3.8) is 0 Å². The maximum absolute atomic E-state index is 13.2. The fourth-order valence-corrected chi connectivity index (χ4v) is 3.67. The predicted molar refractivity (Wildman–Crippen MR) is 134 cm³/mol. The Morgan fingerprint density at radius 2 is 1.65 bits per heavy atom. The van der Waals surface area contributed by atoms with Crippen molar-refractivity contribution in [3.05, 3.63) is 103 Å². The number of hydrogen-bond donors (Lipinski definition) is 2. The fourth-order valence-electron chi connectivity index (χ4n) is 3.31. The number of halogens is 1. The van der Waals surface area contributed by atoms with Crippen LogP contribution in [0, 0.1) is 24.0 Å². The molecule has 2 N–H and O–H groups in total. The summed E-state index contributed by atoms with van der Waals surface area (Å²) in [5.74, 6) is -0.766. The maximum Gasteiger partial charge on any atom is 0.272 e. The average Bonchev–Trinajstić information content (AvgIpc) is 2.78. The Bertz CT molecular complexity index is 1270. The Morgan fingerprint density at radius 3 is 2.24 bits per heavy atom. The van der Waals surface area contributed by atoms with Crippen molar-refractivity contribution in [2.75, 3.05) is 12.4 Å². The molecule has 9 heteroatoms. The number of carbonyl (C=O) groups is 2. The number of rotatable bonds is 7. The Labute approximate surface area is 204 Å². The smallest absolute Gasteiger partial charge is 0.272 e. The molecule has 0 unspecified atom stereocenters. The predicted octanol–water partition coefficient (Wildman–Crippen LogP) is 5.39. The van der Waals surface area contributed by atoms with Gasteiger partial charge in [-0.15, -0.1) is 0 Å². The molecule has 2 amide bonds. The number of ether oxygens (including phenoxy) is 1. The molecule has 3 aromatic rings. The van der Waals surface area contributed by atoms with E-state index in [-0.39, 0.29) is 16.9 Å². The first-order valence-electron chi connectivity index (χ1n) is 10.2. The Hall–Kier alpha value is -3.98. The second-order valence-electron chi connectivity index (χ2n) is 7.54. The molecular formula is C25H22BrN3O5. The van der Waals surface area contributed by atoms with E-state index in [4.69, 9.17) is 4.74 Å². The molecule has 0 aliphatic carbocycles. The molecule has 0 aliphatic heterocycles. The molecule has 0 aromatic heterocycles. The van der Waals surface area contributed by atoms with E-state index >= 15 is 0 Å². The third-order valence-electron chi connectivity index (χ3n) is 4.79. The van der Waals surface area contributed by atoms with Crippen molar-refractivity contribution in [1.29, 1.82) is 0 Å². The monoisotopic (exact) mass is 523 g/mol. The summed E-state index contributed by atoms with van der Waals surface area (Å²) in [7, 11) is 1.44. The molecule has 34 heavy (non-hydrogen) atoms. The summed E-state index contributed by atoms with van der Waals surface area (Å²) in [6, 6.07) is 16.2. The van der Waals surface area contributed by atoms with Gasteiger partial charge in [0.25, 0.3) is 17.5 Å². The van der Waals surface area contributed by atoms with E-state index in [0.717, 1.165) is 11.1 Å². The van der Waals surface area contributed by atoms with Crippen LogP contribution in [0.3, 0.4) is 0 Å². The largest absolute Gasteiger partial charge is 0.496 e. The van der Waals surface area contributed by atoms with Gasteiger partial charge >= 0.3 is 0 Å². The van der Waals surface area contributed by atoms with E-state index in [1.54, 1.807) is 18.2 Å². The molecule has 0 bridgehead atoms. The van der Waals surface area contributed by atoms with Gasteiger partial charge in [0, 0.05) is 22.3 Å². The number of benzene rings is 3. The zero-order chi connectivity index (χ0) is 24.8. The van der Waals surface area contributed by atoms with Gasteiger partial charge in [0.1, 0.15) is 11.4 Å². The third kappa shape index (κ3) is 6.29. The van der Waals surface area contributed by atoms with Gasteiger partial charge in [-0.1, -0.05) is 22.0 Å². The van der Waals surface area contributed by atoms with E-state index in [1.807, 2.05) is 32.0 Å². The Morgan fingerprint density at radius 1 is 1.00 bits per heavy atom. The highest BCUT2D eigenvalue weighted by Gasteiger charge is 2.19. The molecule has 0 fully saturated rings. The molecule has 0 saturated heterocycles. The number of nitrogens with one attached hydrogen (secondary N) is 2. The number of methoxy groups -OCH3 is 1. The zero-order valence-corrected chi connectivity index (χ0v) is 20.3. The first-order chi connectivity index (χ1) is 16.2. The van der Waals surface area contributed by atoms with Crippen LogP contribution in [0.2, 0.25) is 0 Å². The Kier molecular flexibility index (Phi) is 7.80. The van der Waals surface area contributed by atoms with Gasteiger partial charge in [0.2, 0.25) is 0 Å². The maximum atomic E-state index is 13.2. The summed E-state index contributed by atoms with van der Waals surface area (Å²) in [6.45, 7) is 3.83. The highest BCUT2D eigenvalue weighted by atomic mass is 79.9. The molecule has 3 rings (SSSR count). The normalized spacial score (nSPS) is 11.0. The van der Waals surface area contributed by atoms with Crippen molar-refractivity contribution >= 4 is 45.2 Å². The zero-order valence-electron chi connectivity index (χ0n) is 18.7. The standard InChI is InChI=1S/C25H22BrN3O5/c1-15-10-16(2)12-19(11-15)27-25(31)22(13-17-4-7-20(8-5-17)29(32)33)28-24(30)21-14-18(26)6-9-23(21)34-3/h4-14H,1-3H3,(H,27,31)(H,28,30). The van der Waals surface area contributed by atoms with Crippen LogP contribution in [0.4, 0.5) is 11.4 Å². The number of nitrogens with zero attached hydrogens (tertiary/aromatic N) is 1. The first kappa shape index (κ1) is 24.7. The van der Waals surface area contributed by atoms with Gasteiger partial charge in [-0.2, -0.15) is 0 Å². The molecule has 0 radical (unpaired) electrons. The third-order valence-corrected chi connectivity index (χ3v) is 5.29. The molecule has 0 atom stereocenters. The van der Waals surface area contributed by atoms with Crippen molar-refractivity contribution < 1.29 is 19.2 Å². The van der Waals surface area contributed by atoms with Gasteiger partial charge in [-0.05, 0) is 79.1 Å². The summed E-state index contributed by atoms with van der Waals surface area (Å²) < 4.78 is 5.94. The number of carbonyl (C=O) groups excluding carboxylic acids is 2. The molecule has 0 heterocycles. The summed E-state index contributed by atoms with van der Waals surface area (Å²) in [4.78, 5) is 36.7. The van der Waals surface area contributed by atoms with E-state index in [1.165, 1.54) is 37.5 Å². The van der Waals surface area contributed by atoms with E-state index in [9.17, 15) is 19.7 Å². The highest BCUT2D eigenvalue weighted by molar-refractivity contribution is 9.10. The van der Waals surface area contributed by atoms with E-state index < -0.39 is 16.7 Å². The first-order valence-corrected chi connectivity index (χ1v) is 11.0. The summed E-state index contributed by atoms with van der Waals surface area (Å²) in [6.07, 6.45) is 1.45. The molecule has 3 aromatic carbocycles. The van der Waals surface area contributed by atoms with Gasteiger partial charge in [0.05, 0.1) is 17.6 Å². The minimum absolute atomic E-state index is 0.0416. The number of anilines is 1. The number of non-ortho nitro benzene ring substituents is 1. The molecule has 174 valence electrons. The van der Waals surface area contributed by atoms with Crippen molar-refractivity contribution in [2.45, 2.75) is 13.8 Å². The lowest BCUT2D eigenvalue weighted by Crippen LogP contribution is -2.31. The van der Waals surface area contributed by atoms with Crippen LogP contribution in [-0.4, -0.2) is 23.8 Å². The quantitative estimate of drug-likeness (QED) is 0.245. The average molecular weight is 524 g/mol. The van der Waals surface area contributed by atoms with Gasteiger partial charge in [-0.3, -0.25) is 19.7 Å². The van der Waals surface area contributed by atoms with Crippen LogP contribution in [-0.2, 0) is 4.79 Å². The molecule has 0 saturated carbocycles. The van der Waals surface area contributed by atoms with Crippen LogP contribution in [0.1, 0.15) is 27.0 Å².